The number of hydrogen-bond donors (Lipinski definition) is 1. The summed E-state index contributed by atoms with van der Waals surface area (Å²) < 4.78 is 51.9. The molecule has 1 aromatic heterocycles. The van der Waals surface area contributed by atoms with Gasteiger partial charge in [-0.2, -0.15) is 0 Å². The molecule has 2 amide bonds. The number of rotatable bonds is 8. The number of aliphatic hydroxyl groups is 1. The summed E-state index contributed by atoms with van der Waals surface area (Å²) in [6, 6.07) is 4.87. The van der Waals surface area contributed by atoms with Crippen molar-refractivity contribution in [1.82, 2.24) is 19.4 Å². The maximum atomic E-state index is 12.4. The number of aromatic nitrogens is 2. The fraction of sp³-hybridized carbons (Fsp3) is 0.476. The topological polar surface area (TPSA) is 150 Å². The summed E-state index contributed by atoms with van der Waals surface area (Å²) in [4.78, 5) is 41.0. The van der Waals surface area contributed by atoms with Crippen LogP contribution in [0.4, 0.5) is 28.6 Å². The van der Waals surface area contributed by atoms with E-state index in [-0.39, 0.29) is 44.6 Å². The number of imidazole rings is 1. The van der Waals surface area contributed by atoms with Gasteiger partial charge in [0.1, 0.15) is 30.8 Å². The normalized spacial score (nSPS) is 15.5. The Hall–Kier alpha value is -3.79. The van der Waals surface area contributed by atoms with Crippen LogP contribution >= 0.6 is 11.6 Å². The summed E-state index contributed by atoms with van der Waals surface area (Å²) in [5.74, 6) is -0.890. The van der Waals surface area contributed by atoms with Gasteiger partial charge >= 0.3 is 29.7 Å². The van der Waals surface area contributed by atoms with Crippen LogP contribution in [0.2, 0.25) is 5.28 Å². The van der Waals surface area contributed by atoms with Crippen molar-refractivity contribution < 1.29 is 47.0 Å². The number of nitrogens with zero attached hydrogens (tertiary/aromatic N) is 5. The predicted molar refractivity (Wildman–Crippen MR) is 122 cm³/mol. The molecule has 17 heteroatoms. The number of piperazine rings is 1. The Morgan fingerprint density at radius 3 is 2.16 bits per heavy atom. The molecule has 38 heavy (non-hydrogen) atoms. The zero-order valence-electron chi connectivity index (χ0n) is 19.9. The summed E-state index contributed by atoms with van der Waals surface area (Å²) >= 11 is 5.84. The van der Waals surface area contributed by atoms with E-state index < -0.39 is 47.2 Å². The zero-order chi connectivity index (χ0) is 28.1. The van der Waals surface area contributed by atoms with E-state index in [1.807, 2.05) is 0 Å². The summed E-state index contributed by atoms with van der Waals surface area (Å²) in [6.45, 7) is 1.03. The van der Waals surface area contributed by atoms with Gasteiger partial charge in [-0.25, -0.2) is 9.59 Å². The molecule has 1 aromatic carbocycles. The minimum Gasteiger partial charge on any atom is -0.446 e. The molecule has 1 aliphatic heterocycles. The number of carbonyl (C=O) groups excluding carboxylic acids is 2. The van der Waals surface area contributed by atoms with Crippen molar-refractivity contribution in [2.75, 3.05) is 32.8 Å². The van der Waals surface area contributed by atoms with Crippen LogP contribution in [0.1, 0.15) is 12.5 Å². The van der Waals surface area contributed by atoms with Gasteiger partial charge in [-0.1, -0.05) is 12.1 Å². The quantitative estimate of drug-likeness (QED) is 0.376. The van der Waals surface area contributed by atoms with Gasteiger partial charge in [0.05, 0.1) is 6.54 Å². The average Bonchev–Trinajstić information content (AvgIpc) is 3.21. The van der Waals surface area contributed by atoms with Crippen molar-refractivity contribution in [1.29, 1.82) is 0 Å². The molecule has 2 aromatic rings. The molecular formula is C21H23ClF3N5O8. The van der Waals surface area contributed by atoms with E-state index in [4.69, 9.17) is 21.1 Å². The monoisotopic (exact) mass is 565 g/mol. The Bertz CT molecular complexity index is 1150. The van der Waals surface area contributed by atoms with Crippen molar-refractivity contribution in [3.05, 3.63) is 51.4 Å². The van der Waals surface area contributed by atoms with Gasteiger partial charge in [0.25, 0.3) is 0 Å². The lowest BCUT2D eigenvalue weighted by molar-refractivity contribution is -0.389. The number of benzene rings is 1. The SMILES string of the molecule is CC(O)(COC(=O)N1CCN(C(=O)OCc2ccc(OC(F)(F)F)cc2)CC1)Cn1cc([N+](=O)[O-])nc1Cl. The molecule has 0 spiro atoms. The van der Waals surface area contributed by atoms with Gasteiger partial charge in [0, 0.05) is 26.2 Å². The number of halogens is 4. The van der Waals surface area contributed by atoms with Crippen LogP contribution < -0.4 is 4.74 Å². The minimum absolute atomic E-state index is 0.124. The average molecular weight is 566 g/mol. The number of amides is 2. The van der Waals surface area contributed by atoms with E-state index in [9.17, 15) is 38.0 Å². The van der Waals surface area contributed by atoms with Crippen LogP contribution in [0, 0.1) is 10.1 Å². The Morgan fingerprint density at radius 2 is 1.66 bits per heavy atom. The molecule has 1 fully saturated rings. The summed E-state index contributed by atoms with van der Waals surface area (Å²) in [5.41, 5.74) is -1.16. The van der Waals surface area contributed by atoms with Crippen molar-refractivity contribution in [2.24, 2.45) is 0 Å². The van der Waals surface area contributed by atoms with E-state index >= 15 is 0 Å². The maximum Gasteiger partial charge on any atom is 0.573 e. The van der Waals surface area contributed by atoms with Crippen LogP contribution in [0.5, 0.6) is 5.75 Å². The third-order valence-corrected chi connectivity index (χ3v) is 5.54. The number of nitro groups is 1. The molecule has 0 bridgehead atoms. The van der Waals surface area contributed by atoms with E-state index in [1.165, 1.54) is 28.9 Å². The Kier molecular flexibility index (Phi) is 8.88. The third kappa shape index (κ3) is 8.37. The van der Waals surface area contributed by atoms with Crippen molar-refractivity contribution in [2.45, 2.75) is 32.0 Å². The van der Waals surface area contributed by atoms with E-state index in [2.05, 4.69) is 9.72 Å². The van der Waals surface area contributed by atoms with Gasteiger partial charge in [0.2, 0.25) is 0 Å². The lowest BCUT2D eigenvalue weighted by Crippen LogP contribution is -2.51. The molecule has 2 heterocycles. The van der Waals surface area contributed by atoms with Gasteiger partial charge in [-0.05, 0) is 46.1 Å². The van der Waals surface area contributed by atoms with Crippen LogP contribution in [0.25, 0.3) is 0 Å². The smallest absolute Gasteiger partial charge is 0.446 e. The zero-order valence-corrected chi connectivity index (χ0v) is 20.6. The number of alkyl halides is 3. The van der Waals surface area contributed by atoms with E-state index in [1.54, 1.807) is 0 Å². The number of hydrogen-bond acceptors (Lipinski definition) is 9. The molecule has 0 radical (unpaired) electrons. The highest BCUT2D eigenvalue weighted by molar-refractivity contribution is 6.28. The number of ether oxygens (including phenoxy) is 3. The first-order valence-electron chi connectivity index (χ1n) is 11.0. The second-order valence-electron chi connectivity index (χ2n) is 8.53. The van der Waals surface area contributed by atoms with Crippen LogP contribution in [-0.4, -0.2) is 86.3 Å². The first kappa shape index (κ1) is 28.8. The predicted octanol–water partition coefficient (Wildman–Crippen LogP) is 3.19. The van der Waals surface area contributed by atoms with Crippen LogP contribution in [0.3, 0.4) is 0 Å². The van der Waals surface area contributed by atoms with Gasteiger partial charge < -0.3 is 39.2 Å². The van der Waals surface area contributed by atoms with E-state index in [0.717, 1.165) is 22.9 Å². The lowest BCUT2D eigenvalue weighted by atomic mass is 10.1. The fourth-order valence-electron chi connectivity index (χ4n) is 3.40. The van der Waals surface area contributed by atoms with Gasteiger partial charge in [0.15, 0.2) is 0 Å². The molecule has 1 saturated heterocycles. The Balaban J connectivity index is 1.40. The first-order valence-corrected chi connectivity index (χ1v) is 11.4. The molecule has 13 nitrogen and oxygen atoms in total. The molecule has 1 unspecified atom stereocenters. The maximum absolute atomic E-state index is 12.4. The molecule has 1 N–H and O–H groups in total. The molecule has 3 rings (SSSR count). The van der Waals surface area contributed by atoms with Crippen LogP contribution in [-0.2, 0) is 22.6 Å². The highest BCUT2D eigenvalue weighted by Gasteiger charge is 2.32. The molecular weight excluding hydrogens is 543 g/mol. The fourth-order valence-corrected chi connectivity index (χ4v) is 3.59. The van der Waals surface area contributed by atoms with Crippen molar-refractivity contribution in [3.8, 4) is 5.75 Å². The molecule has 0 saturated carbocycles. The molecule has 1 atom stereocenters. The highest BCUT2D eigenvalue weighted by atomic mass is 35.5. The first-order chi connectivity index (χ1) is 17.7. The largest absolute Gasteiger partial charge is 0.573 e. The second kappa shape index (κ2) is 11.7. The summed E-state index contributed by atoms with van der Waals surface area (Å²) in [6.07, 6.45) is -5.15. The van der Waals surface area contributed by atoms with Gasteiger partial charge in [-0.3, -0.25) is 4.57 Å². The summed E-state index contributed by atoms with van der Waals surface area (Å²) in [7, 11) is 0. The Morgan fingerprint density at radius 1 is 1.11 bits per heavy atom. The molecule has 0 aliphatic carbocycles. The summed E-state index contributed by atoms with van der Waals surface area (Å²) in [5, 5.41) is 21.1. The van der Waals surface area contributed by atoms with E-state index in [0.29, 0.717) is 5.56 Å². The van der Waals surface area contributed by atoms with Crippen molar-refractivity contribution in [3.63, 3.8) is 0 Å². The van der Waals surface area contributed by atoms with Gasteiger partial charge in [-0.15, -0.1) is 13.2 Å². The van der Waals surface area contributed by atoms with Crippen molar-refractivity contribution >= 4 is 29.6 Å². The second-order valence-corrected chi connectivity index (χ2v) is 8.86. The number of carbonyl (C=O) groups is 2. The minimum atomic E-state index is -4.81. The van der Waals surface area contributed by atoms with Crippen LogP contribution in [0.15, 0.2) is 30.5 Å². The standard InChI is InChI=1S/C21H23ClF3N5O8/c1-20(33,12-29-10-16(30(34)35)26-17(29)22)13-37-19(32)28-8-6-27(7-9-28)18(31)36-11-14-2-4-15(5-3-14)38-21(23,24)25/h2-5,10,33H,6-9,11-13H2,1H3. The highest BCUT2D eigenvalue weighted by Crippen LogP contribution is 2.23. The lowest BCUT2D eigenvalue weighted by Gasteiger charge is -2.34. The molecule has 1 aliphatic rings. The molecule has 208 valence electrons. The third-order valence-electron chi connectivity index (χ3n) is 5.24. The Labute approximate surface area is 218 Å².